The van der Waals surface area contributed by atoms with Crippen LogP contribution >= 0.6 is 0 Å². The molecule has 1 unspecified atom stereocenters. The average molecular weight is 408 g/mol. The van der Waals surface area contributed by atoms with E-state index in [4.69, 9.17) is 10.6 Å². The minimum Gasteiger partial charge on any atom is -0.477 e. The minimum atomic E-state index is -1.45. The van der Waals surface area contributed by atoms with Crippen molar-refractivity contribution in [3.05, 3.63) is 39.7 Å². The highest BCUT2D eigenvalue weighted by molar-refractivity contribution is 5.96. The third-order valence-electron chi connectivity index (χ3n) is 5.12. The Morgan fingerprint density at radius 3 is 2.69 bits per heavy atom. The third kappa shape index (κ3) is 3.44. The number of oxime groups is 1. The summed E-state index contributed by atoms with van der Waals surface area (Å²) in [5.74, 6) is -3.34. The quantitative estimate of drug-likeness (QED) is 0.748. The Morgan fingerprint density at radius 1 is 1.45 bits per heavy atom. The topological polar surface area (TPSA) is 110 Å². The highest BCUT2D eigenvalue weighted by Crippen LogP contribution is 2.33. The van der Waals surface area contributed by atoms with Crippen molar-refractivity contribution < 1.29 is 23.5 Å². The number of nitrogens with zero attached hydrogens (tertiary/aromatic N) is 3. The Morgan fingerprint density at radius 2 is 2.14 bits per heavy atom. The summed E-state index contributed by atoms with van der Waals surface area (Å²) in [5.41, 5.74) is 3.94. The van der Waals surface area contributed by atoms with Crippen LogP contribution in [0.3, 0.4) is 0 Å². The molecule has 3 N–H and O–H groups in total. The number of pyridine rings is 1. The molecule has 1 aromatic heterocycles. The van der Waals surface area contributed by atoms with Crippen molar-refractivity contribution in [1.29, 1.82) is 0 Å². The van der Waals surface area contributed by atoms with Gasteiger partial charge in [0, 0.05) is 32.3 Å². The van der Waals surface area contributed by atoms with Crippen LogP contribution in [-0.4, -0.2) is 47.1 Å². The molecule has 8 nitrogen and oxygen atoms in total. The van der Waals surface area contributed by atoms with E-state index in [0.717, 1.165) is 12.3 Å². The molecule has 0 radical (unpaired) electrons. The highest BCUT2D eigenvalue weighted by Gasteiger charge is 2.36. The highest BCUT2D eigenvalue weighted by atomic mass is 19.1. The van der Waals surface area contributed by atoms with Gasteiger partial charge in [0.1, 0.15) is 24.2 Å². The van der Waals surface area contributed by atoms with Gasteiger partial charge in [0.2, 0.25) is 5.43 Å². The molecule has 10 heteroatoms. The van der Waals surface area contributed by atoms with Gasteiger partial charge < -0.3 is 25.1 Å². The van der Waals surface area contributed by atoms with Crippen LogP contribution in [0, 0.1) is 11.6 Å². The molecule has 0 aliphatic carbocycles. The number of nitrogens with two attached hydrogens (primary N) is 1. The van der Waals surface area contributed by atoms with Gasteiger partial charge in [-0.3, -0.25) is 4.79 Å². The van der Waals surface area contributed by atoms with Gasteiger partial charge in [0.15, 0.2) is 5.82 Å². The molecule has 2 heterocycles. The van der Waals surface area contributed by atoms with Crippen LogP contribution in [-0.2, 0) is 11.4 Å². The molecular formula is C19H22F2N4O4. The van der Waals surface area contributed by atoms with Crippen molar-refractivity contribution in [2.45, 2.75) is 32.4 Å². The minimum absolute atomic E-state index is 0.0815. The molecule has 29 heavy (non-hydrogen) atoms. The van der Waals surface area contributed by atoms with Gasteiger partial charge in [-0.25, -0.2) is 13.6 Å². The molecule has 1 aliphatic rings. The van der Waals surface area contributed by atoms with Crippen LogP contribution in [0.2, 0.25) is 0 Å². The van der Waals surface area contributed by atoms with E-state index in [1.807, 2.05) is 0 Å². The number of aryl methyl sites for hydroxylation is 1. The van der Waals surface area contributed by atoms with E-state index in [9.17, 15) is 19.1 Å². The summed E-state index contributed by atoms with van der Waals surface area (Å²) in [6.07, 6.45) is 1.42. The molecule has 156 valence electrons. The van der Waals surface area contributed by atoms with Crippen LogP contribution in [0.25, 0.3) is 10.9 Å². The summed E-state index contributed by atoms with van der Waals surface area (Å²) < 4.78 is 31.7. The summed E-state index contributed by atoms with van der Waals surface area (Å²) in [4.78, 5) is 30.0. The fraction of sp³-hybridized carbons (Fsp3) is 0.421. The van der Waals surface area contributed by atoms with E-state index in [1.165, 1.54) is 16.6 Å². The lowest BCUT2D eigenvalue weighted by Gasteiger charge is -2.40. The second-order valence-corrected chi connectivity index (χ2v) is 7.19. The molecule has 0 bridgehead atoms. The number of aromatic nitrogens is 1. The molecule has 2 aromatic rings. The lowest BCUT2D eigenvalue weighted by molar-refractivity contribution is 0.0694. The van der Waals surface area contributed by atoms with Crippen molar-refractivity contribution in [2.24, 2.45) is 10.9 Å². The third-order valence-corrected chi connectivity index (χ3v) is 5.12. The van der Waals surface area contributed by atoms with Crippen molar-refractivity contribution in [1.82, 2.24) is 4.57 Å². The first kappa shape index (κ1) is 20.7. The molecule has 0 amide bonds. The van der Waals surface area contributed by atoms with E-state index >= 15 is 4.39 Å². The van der Waals surface area contributed by atoms with E-state index in [1.54, 1.807) is 13.8 Å². The molecular weight excluding hydrogens is 386 g/mol. The Labute approximate surface area is 165 Å². The Hall–Kier alpha value is -3.01. The lowest BCUT2D eigenvalue weighted by Crippen LogP contribution is -2.59. The van der Waals surface area contributed by atoms with Gasteiger partial charge in [-0.1, -0.05) is 5.16 Å². The standard InChI is InChI=1S/C19H22F2N4O4/c1-4-24-8-11(18(27)28)17(26)10-7-12(20)16(14(21)15(10)24)25-6-5-13(23-29-3)19(2,22)9-25/h7-8H,4-6,9,22H2,1-3H3,(H,27,28)/b23-13+. The van der Waals surface area contributed by atoms with E-state index < -0.39 is 34.1 Å². The van der Waals surface area contributed by atoms with E-state index in [-0.39, 0.29) is 36.2 Å². The van der Waals surface area contributed by atoms with Crippen molar-refractivity contribution in [3.8, 4) is 0 Å². The lowest BCUT2D eigenvalue weighted by atomic mass is 9.89. The van der Waals surface area contributed by atoms with Gasteiger partial charge in [-0.15, -0.1) is 0 Å². The van der Waals surface area contributed by atoms with Crippen LogP contribution in [0.15, 0.2) is 22.2 Å². The van der Waals surface area contributed by atoms with E-state index in [2.05, 4.69) is 5.16 Å². The van der Waals surface area contributed by atoms with Crippen molar-refractivity contribution in [2.75, 3.05) is 25.1 Å². The summed E-state index contributed by atoms with van der Waals surface area (Å²) in [5, 5.41) is 12.8. The summed E-state index contributed by atoms with van der Waals surface area (Å²) in [6, 6.07) is 0.890. The number of halogens is 2. The van der Waals surface area contributed by atoms with Gasteiger partial charge in [0.05, 0.1) is 22.2 Å². The number of fused-ring (bicyclic) bond motifs is 1. The summed E-state index contributed by atoms with van der Waals surface area (Å²) >= 11 is 0. The van der Waals surface area contributed by atoms with Gasteiger partial charge in [-0.05, 0) is 19.9 Å². The number of hydrogen-bond acceptors (Lipinski definition) is 6. The maximum atomic E-state index is 15.5. The van der Waals surface area contributed by atoms with E-state index in [0.29, 0.717) is 12.1 Å². The molecule has 0 saturated carbocycles. The van der Waals surface area contributed by atoms with Crippen LogP contribution in [0.4, 0.5) is 14.5 Å². The smallest absolute Gasteiger partial charge is 0.341 e. The van der Waals surface area contributed by atoms with Crippen molar-refractivity contribution in [3.63, 3.8) is 0 Å². The molecule has 1 fully saturated rings. The number of carbonyl (C=O) groups is 1. The Balaban J connectivity index is 2.21. The summed E-state index contributed by atoms with van der Waals surface area (Å²) in [6.45, 7) is 3.88. The molecule has 1 saturated heterocycles. The van der Waals surface area contributed by atoms with Crippen LogP contribution < -0.4 is 16.1 Å². The van der Waals surface area contributed by atoms with Gasteiger partial charge in [0.25, 0.3) is 0 Å². The maximum Gasteiger partial charge on any atom is 0.341 e. The number of carboxylic acids is 1. The molecule has 3 rings (SSSR count). The van der Waals surface area contributed by atoms with Crippen LogP contribution in [0.1, 0.15) is 30.6 Å². The first-order chi connectivity index (χ1) is 13.6. The number of aromatic carboxylic acids is 1. The number of anilines is 1. The van der Waals surface area contributed by atoms with Gasteiger partial charge >= 0.3 is 5.97 Å². The SMILES string of the molecule is CCn1cc(C(=O)O)c(=O)c2cc(F)c(N3CC/C(=N\OC)C(C)(N)C3)c(F)c21. The number of rotatable bonds is 4. The normalized spacial score (nSPS) is 21.0. The van der Waals surface area contributed by atoms with Crippen molar-refractivity contribution >= 4 is 28.3 Å². The molecule has 1 atom stereocenters. The zero-order valence-corrected chi connectivity index (χ0v) is 16.3. The zero-order valence-electron chi connectivity index (χ0n) is 16.3. The Bertz CT molecular complexity index is 1080. The number of carboxylic acid groups (broad SMARTS) is 1. The first-order valence-corrected chi connectivity index (χ1v) is 9.05. The maximum absolute atomic E-state index is 15.5. The molecule has 1 aromatic carbocycles. The second-order valence-electron chi connectivity index (χ2n) is 7.19. The number of benzene rings is 1. The zero-order chi connectivity index (χ0) is 21.5. The predicted molar refractivity (Wildman–Crippen MR) is 105 cm³/mol. The first-order valence-electron chi connectivity index (χ1n) is 9.05. The summed E-state index contributed by atoms with van der Waals surface area (Å²) in [7, 11) is 1.40. The number of piperidine rings is 1. The Kier molecular flexibility index (Phi) is 5.31. The fourth-order valence-corrected chi connectivity index (χ4v) is 3.71. The largest absolute Gasteiger partial charge is 0.477 e. The fourth-order valence-electron chi connectivity index (χ4n) is 3.71. The predicted octanol–water partition coefficient (Wildman–Crippen LogP) is 1.93. The monoisotopic (exact) mass is 408 g/mol. The second kappa shape index (κ2) is 7.43. The molecule has 1 aliphatic heterocycles. The van der Waals surface area contributed by atoms with Crippen LogP contribution in [0.5, 0.6) is 0 Å². The molecule has 0 spiro atoms. The van der Waals surface area contributed by atoms with Gasteiger partial charge in [-0.2, -0.15) is 0 Å². The number of hydrogen-bond donors (Lipinski definition) is 2. The average Bonchev–Trinajstić information content (AvgIpc) is 2.64.